The Balaban J connectivity index is 1.06. The molecule has 10 aromatic rings. The van der Waals surface area contributed by atoms with Gasteiger partial charge in [0, 0.05) is 16.9 Å². The molecule has 11 rings (SSSR count). The lowest BCUT2D eigenvalue weighted by Gasteiger charge is -2.30. The van der Waals surface area contributed by atoms with Crippen LogP contribution in [0.1, 0.15) is 30.0 Å². The van der Waals surface area contributed by atoms with Gasteiger partial charge in [-0.05, 0) is 132 Å². The van der Waals surface area contributed by atoms with Gasteiger partial charge in [-0.3, -0.25) is 0 Å². The van der Waals surface area contributed by atoms with Crippen LogP contribution < -0.4 is 4.90 Å². The summed E-state index contributed by atoms with van der Waals surface area (Å²) in [5.74, 6) is 0.343. The fraction of sp³-hybridized carbons (Fsp3) is 0.0462. The van der Waals surface area contributed by atoms with Crippen LogP contribution in [-0.4, -0.2) is 0 Å². The molecule has 0 radical (unpaired) electrons. The Labute approximate surface area is 388 Å². The van der Waals surface area contributed by atoms with Crippen molar-refractivity contribution in [1.82, 2.24) is 0 Å². The first-order chi connectivity index (χ1) is 32.6. The summed E-state index contributed by atoms with van der Waals surface area (Å²) in [5.41, 5.74) is 20.7. The highest BCUT2D eigenvalue weighted by atomic mass is 15.1. The summed E-state index contributed by atoms with van der Waals surface area (Å²) < 4.78 is 0. The van der Waals surface area contributed by atoms with Crippen LogP contribution in [0.2, 0.25) is 0 Å². The average molecular weight is 844 g/mol. The second-order valence-corrected chi connectivity index (χ2v) is 17.3. The largest absolute Gasteiger partial charge is 0.310 e. The van der Waals surface area contributed by atoms with Gasteiger partial charge >= 0.3 is 0 Å². The molecule has 0 fully saturated rings. The van der Waals surface area contributed by atoms with Crippen molar-refractivity contribution >= 4 is 44.6 Å². The van der Waals surface area contributed by atoms with Crippen LogP contribution in [0.4, 0.5) is 17.1 Å². The maximum Gasteiger partial charge on any atom is 0.0546 e. The maximum atomic E-state index is 2.45. The van der Waals surface area contributed by atoms with E-state index < -0.39 is 0 Å². The van der Waals surface area contributed by atoms with Crippen molar-refractivity contribution in [1.29, 1.82) is 0 Å². The average Bonchev–Trinajstić information content (AvgIpc) is 3.40. The molecule has 1 nitrogen and oxygen atoms in total. The molecule has 1 atom stereocenters. The van der Waals surface area contributed by atoms with Gasteiger partial charge in [-0.1, -0.05) is 231 Å². The zero-order valence-corrected chi connectivity index (χ0v) is 37.1. The van der Waals surface area contributed by atoms with Gasteiger partial charge < -0.3 is 4.90 Å². The number of benzene rings is 10. The molecule has 0 N–H and O–H groups in total. The minimum absolute atomic E-state index is 0.343. The Morgan fingerprint density at radius 1 is 0.348 bits per heavy atom. The highest BCUT2D eigenvalue weighted by Gasteiger charge is 2.25. The van der Waals surface area contributed by atoms with Crippen LogP contribution in [0.5, 0.6) is 0 Å². The molecule has 314 valence electrons. The van der Waals surface area contributed by atoms with Gasteiger partial charge in [0.25, 0.3) is 0 Å². The predicted octanol–water partition coefficient (Wildman–Crippen LogP) is 18.0. The number of hydrogen-bond donors (Lipinski definition) is 0. The summed E-state index contributed by atoms with van der Waals surface area (Å²) in [4.78, 5) is 2.45. The molecule has 0 spiro atoms. The van der Waals surface area contributed by atoms with E-state index in [0.717, 1.165) is 29.0 Å². The minimum Gasteiger partial charge on any atom is -0.310 e. The van der Waals surface area contributed by atoms with Gasteiger partial charge in [0.1, 0.15) is 0 Å². The van der Waals surface area contributed by atoms with Crippen LogP contribution in [0.15, 0.2) is 261 Å². The molecule has 10 aromatic carbocycles. The quantitative estimate of drug-likeness (QED) is 0.133. The van der Waals surface area contributed by atoms with Crippen molar-refractivity contribution in [3.05, 3.63) is 278 Å². The van der Waals surface area contributed by atoms with Gasteiger partial charge in [-0.15, -0.1) is 0 Å². The van der Waals surface area contributed by atoms with Crippen LogP contribution in [0, 0.1) is 5.92 Å². The van der Waals surface area contributed by atoms with Crippen LogP contribution in [0.25, 0.3) is 72.0 Å². The van der Waals surface area contributed by atoms with E-state index in [-0.39, 0.29) is 0 Å². The highest BCUT2D eigenvalue weighted by Crippen LogP contribution is 2.47. The fourth-order valence-corrected chi connectivity index (χ4v) is 9.91. The molecule has 1 heteroatoms. The molecule has 0 saturated carbocycles. The van der Waals surface area contributed by atoms with E-state index in [9.17, 15) is 0 Å². The topological polar surface area (TPSA) is 3.24 Å². The second kappa shape index (κ2) is 18.1. The number of fused-ring (bicyclic) bond motifs is 1. The van der Waals surface area contributed by atoms with Crippen molar-refractivity contribution in [2.24, 2.45) is 5.92 Å². The molecular weight excluding hydrogens is 795 g/mol. The monoisotopic (exact) mass is 843 g/mol. The number of hydrogen-bond acceptors (Lipinski definition) is 1. The third kappa shape index (κ3) is 8.08. The van der Waals surface area contributed by atoms with Crippen molar-refractivity contribution < 1.29 is 0 Å². The van der Waals surface area contributed by atoms with Gasteiger partial charge in [0.2, 0.25) is 0 Å². The van der Waals surface area contributed by atoms with Gasteiger partial charge in [-0.25, -0.2) is 0 Å². The molecule has 1 aliphatic rings. The van der Waals surface area contributed by atoms with E-state index >= 15 is 0 Å². The van der Waals surface area contributed by atoms with Gasteiger partial charge in [-0.2, -0.15) is 0 Å². The molecule has 0 saturated heterocycles. The smallest absolute Gasteiger partial charge is 0.0546 e. The van der Waals surface area contributed by atoms with Crippen LogP contribution in [-0.2, 0) is 0 Å². The van der Waals surface area contributed by atoms with E-state index in [0.29, 0.717) is 5.92 Å². The lowest BCUT2D eigenvalue weighted by Crippen LogP contribution is -2.12. The summed E-state index contributed by atoms with van der Waals surface area (Å²) in [7, 11) is 0. The number of nitrogens with zero attached hydrogens (tertiary/aromatic N) is 1. The van der Waals surface area contributed by atoms with Crippen LogP contribution >= 0.6 is 0 Å². The molecule has 66 heavy (non-hydrogen) atoms. The first-order valence-electron chi connectivity index (χ1n) is 23.0. The van der Waals surface area contributed by atoms with E-state index in [1.165, 1.54) is 83.1 Å². The normalized spacial score (nSPS) is 13.7. The van der Waals surface area contributed by atoms with Gasteiger partial charge in [0.15, 0.2) is 0 Å². The zero-order chi connectivity index (χ0) is 44.2. The number of allylic oxidation sites excluding steroid dienone is 4. The zero-order valence-electron chi connectivity index (χ0n) is 37.1. The minimum atomic E-state index is 0.343. The first-order valence-corrected chi connectivity index (χ1v) is 23.0. The van der Waals surface area contributed by atoms with Crippen molar-refractivity contribution in [2.75, 3.05) is 4.90 Å². The standard InChI is InChI=1S/C65H49N/c1-46-42-57(44-63(52-22-10-4-11-23-52)65(46)53-25-12-5-13-26-53)49-34-39-59(40-35-49)66(58-37-32-48(33-38-58)55-29-16-28-54(43-55)47-18-6-2-7-19-47)64-45-56(36-41-62(64)51-20-8-3-9-21-51)61-31-17-27-50-24-14-15-30-60(50)61/h2-41,43-46H,42H2,1H3. The number of rotatable bonds is 10. The van der Waals surface area contributed by atoms with E-state index in [1.807, 2.05) is 0 Å². The Kier molecular flexibility index (Phi) is 11.1. The summed E-state index contributed by atoms with van der Waals surface area (Å²) in [6, 6.07) is 92.8. The fourth-order valence-electron chi connectivity index (χ4n) is 9.91. The first kappa shape index (κ1) is 40.5. The molecule has 0 bridgehead atoms. The number of anilines is 3. The highest BCUT2D eigenvalue weighted by molar-refractivity contribution is 6.03. The summed E-state index contributed by atoms with van der Waals surface area (Å²) in [6.45, 7) is 2.38. The Hall–Kier alpha value is -8.26. The van der Waals surface area contributed by atoms with Crippen LogP contribution in [0.3, 0.4) is 0 Å². The third-order valence-electron chi connectivity index (χ3n) is 13.1. The van der Waals surface area contributed by atoms with E-state index in [4.69, 9.17) is 0 Å². The lowest BCUT2D eigenvalue weighted by atomic mass is 9.77. The van der Waals surface area contributed by atoms with E-state index in [2.05, 4.69) is 273 Å². The Bertz CT molecular complexity index is 3340. The summed E-state index contributed by atoms with van der Waals surface area (Å²) in [5, 5.41) is 2.47. The molecule has 0 amide bonds. The molecule has 1 unspecified atom stereocenters. The van der Waals surface area contributed by atoms with Crippen molar-refractivity contribution in [2.45, 2.75) is 13.3 Å². The van der Waals surface area contributed by atoms with Crippen molar-refractivity contribution in [3.8, 4) is 44.5 Å². The molecule has 0 aromatic heterocycles. The van der Waals surface area contributed by atoms with Gasteiger partial charge in [0.05, 0.1) is 5.69 Å². The van der Waals surface area contributed by atoms with E-state index in [1.54, 1.807) is 0 Å². The maximum absolute atomic E-state index is 2.45. The molecule has 0 heterocycles. The molecule has 1 aliphatic carbocycles. The van der Waals surface area contributed by atoms with Crippen molar-refractivity contribution in [3.63, 3.8) is 0 Å². The third-order valence-corrected chi connectivity index (χ3v) is 13.1. The SMILES string of the molecule is CC1CC(c2ccc(N(c3ccc(-c4cccc(-c5ccccc5)c4)cc3)c3cc(-c4cccc5ccccc45)ccc3-c3ccccc3)cc2)=CC(c2ccccc2)=C1c1ccccc1. The Morgan fingerprint density at radius 2 is 0.833 bits per heavy atom. The second-order valence-electron chi connectivity index (χ2n) is 17.3. The summed E-state index contributed by atoms with van der Waals surface area (Å²) >= 11 is 0. The Morgan fingerprint density at radius 3 is 1.48 bits per heavy atom. The molecular formula is C65H49N. The molecule has 0 aliphatic heterocycles. The predicted molar refractivity (Wildman–Crippen MR) is 282 cm³/mol. The lowest BCUT2D eigenvalue weighted by molar-refractivity contribution is 0.773. The summed E-state index contributed by atoms with van der Waals surface area (Å²) in [6.07, 6.45) is 3.40.